The Hall–Kier alpha value is -2.84. The van der Waals surface area contributed by atoms with Crippen LogP contribution in [0.3, 0.4) is 0 Å². The molecule has 0 aliphatic heterocycles. The Balaban J connectivity index is 1.70. The van der Waals surface area contributed by atoms with Crippen LogP contribution in [0.4, 0.5) is 11.4 Å². The first-order valence-electron chi connectivity index (χ1n) is 9.82. The first kappa shape index (κ1) is 20.9. The first-order chi connectivity index (χ1) is 13.6. The molecule has 0 heterocycles. The number of ether oxygens (including phenoxy) is 2. The molecule has 3 atom stereocenters. The van der Waals surface area contributed by atoms with Crippen LogP contribution in [-0.4, -0.2) is 17.7 Å². The molecule has 2 aromatic rings. The van der Waals surface area contributed by atoms with Gasteiger partial charge in [0.05, 0.1) is 17.6 Å². The highest BCUT2D eigenvalue weighted by atomic mass is 16.6. The average Bonchev–Trinajstić information content (AvgIpc) is 3.18. The van der Waals surface area contributed by atoms with Crippen molar-refractivity contribution in [1.82, 2.24) is 0 Å². The summed E-state index contributed by atoms with van der Waals surface area (Å²) in [6, 6.07) is 19.2. The van der Waals surface area contributed by atoms with Gasteiger partial charge in [-0.3, -0.25) is 4.79 Å². The fraction of sp³-hybridized carbons (Fsp3) is 0.417. The number of carbonyl (C=O) groups is 1. The van der Waals surface area contributed by atoms with Crippen LogP contribution in [0.5, 0.6) is 0 Å². The number of rotatable bonds is 6. The Morgan fingerprint density at radius 3 is 2.38 bits per heavy atom. The van der Waals surface area contributed by atoms with Crippen molar-refractivity contribution in [2.45, 2.75) is 52.4 Å². The molecule has 5 heteroatoms. The number of esters is 1. The van der Waals surface area contributed by atoms with E-state index in [2.05, 4.69) is 11.4 Å². The van der Waals surface area contributed by atoms with Gasteiger partial charge in [-0.15, -0.1) is 0 Å². The third-order valence-corrected chi connectivity index (χ3v) is 5.07. The maximum atomic E-state index is 12.8. The van der Waals surface area contributed by atoms with E-state index in [0.717, 1.165) is 11.4 Å². The van der Waals surface area contributed by atoms with Gasteiger partial charge in [-0.1, -0.05) is 44.2 Å². The second-order valence-electron chi connectivity index (χ2n) is 9.01. The van der Waals surface area contributed by atoms with Gasteiger partial charge in [0.25, 0.3) is 0 Å². The van der Waals surface area contributed by atoms with Crippen molar-refractivity contribution in [2.24, 2.45) is 11.3 Å². The van der Waals surface area contributed by atoms with Crippen molar-refractivity contribution < 1.29 is 14.3 Å². The molecule has 2 aromatic carbocycles. The van der Waals surface area contributed by atoms with E-state index >= 15 is 0 Å². The lowest BCUT2D eigenvalue weighted by molar-refractivity contribution is -0.150. The van der Waals surface area contributed by atoms with E-state index < -0.39 is 12.1 Å². The maximum Gasteiger partial charge on any atom is 0.313 e. The molecule has 0 saturated heterocycles. The van der Waals surface area contributed by atoms with Crippen molar-refractivity contribution in [2.75, 3.05) is 5.32 Å². The third-order valence-electron chi connectivity index (χ3n) is 5.07. The normalized spacial score (nSPS) is 21.0. The largest absolute Gasteiger partial charge is 0.442 e. The fourth-order valence-corrected chi connectivity index (χ4v) is 3.45. The Bertz CT molecular complexity index is 910. The van der Waals surface area contributed by atoms with Crippen LogP contribution in [0.1, 0.15) is 46.3 Å². The average molecular weight is 392 g/mol. The van der Waals surface area contributed by atoms with Gasteiger partial charge in [0.1, 0.15) is 6.07 Å². The summed E-state index contributed by atoms with van der Waals surface area (Å²) < 4.78 is 11.6. The van der Waals surface area contributed by atoms with Gasteiger partial charge in [-0.25, -0.2) is 0 Å². The number of para-hydroxylation sites is 1. The predicted molar refractivity (Wildman–Crippen MR) is 113 cm³/mol. The number of nitrogens with zero attached hydrogens (tertiary/aromatic N) is 1. The standard InChI is InChI=1S/C24H28N2O3/c1-23(2,3)29-21-20(24(21,4)5)22(27)28-19(15-25)16-10-9-13-18(14-16)26-17-11-7-6-8-12-17/h6-14,19-21,26H,1-5H3. The van der Waals surface area contributed by atoms with Crippen LogP contribution < -0.4 is 5.32 Å². The monoisotopic (exact) mass is 392 g/mol. The summed E-state index contributed by atoms with van der Waals surface area (Å²) in [6.45, 7) is 9.87. The van der Waals surface area contributed by atoms with E-state index in [-0.39, 0.29) is 23.0 Å². The summed E-state index contributed by atoms with van der Waals surface area (Å²) in [4.78, 5) is 12.8. The Morgan fingerprint density at radius 1 is 1.10 bits per heavy atom. The molecule has 3 unspecified atom stereocenters. The summed E-state index contributed by atoms with van der Waals surface area (Å²) >= 11 is 0. The molecule has 1 N–H and O–H groups in total. The zero-order chi connectivity index (χ0) is 21.2. The number of hydrogen-bond acceptors (Lipinski definition) is 5. The number of nitriles is 1. The van der Waals surface area contributed by atoms with Gasteiger partial charge in [0, 0.05) is 22.4 Å². The third kappa shape index (κ3) is 4.96. The molecule has 152 valence electrons. The summed E-state index contributed by atoms with van der Waals surface area (Å²) in [5, 5.41) is 12.9. The van der Waals surface area contributed by atoms with Gasteiger partial charge >= 0.3 is 5.97 Å². The summed E-state index contributed by atoms with van der Waals surface area (Å²) in [7, 11) is 0. The lowest BCUT2D eigenvalue weighted by Crippen LogP contribution is -2.23. The molecular formula is C24H28N2O3. The summed E-state index contributed by atoms with van der Waals surface area (Å²) in [5.41, 5.74) is 1.75. The number of nitrogens with one attached hydrogen (secondary N) is 1. The van der Waals surface area contributed by atoms with E-state index in [1.807, 2.05) is 83.1 Å². The van der Waals surface area contributed by atoms with Crippen molar-refractivity contribution in [3.8, 4) is 6.07 Å². The lowest BCUT2D eigenvalue weighted by Gasteiger charge is -2.20. The van der Waals surface area contributed by atoms with Crippen molar-refractivity contribution in [1.29, 1.82) is 5.26 Å². The van der Waals surface area contributed by atoms with Crippen LogP contribution >= 0.6 is 0 Å². The Kier molecular flexibility index (Phi) is 5.68. The van der Waals surface area contributed by atoms with Crippen LogP contribution in [0.25, 0.3) is 0 Å². The minimum Gasteiger partial charge on any atom is -0.442 e. The van der Waals surface area contributed by atoms with Crippen LogP contribution in [-0.2, 0) is 14.3 Å². The molecule has 0 amide bonds. The number of carbonyl (C=O) groups excluding carboxylic acids is 1. The molecule has 1 aliphatic rings. The number of anilines is 2. The molecule has 1 saturated carbocycles. The zero-order valence-electron chi connectivity index (χ0n) is 17.6. The van der Waals surface area contributed by atoms with E-state index in [4.69, 9.17) is 9.47 Å². The fourth-order valence-electron chi connectivity index (χ4n) is 3.45. The molecule has 29 heavy (non-hydrogen) atoms. The minimum atomic E-state index is -0.966. The SMILES string of the molecule is CC(C)(C)OC1C(C(=O)OC(C#N)c2cccc(Nc3ccccc3)c2)C1(C)C. The van der Waals surface area contributed by atoms with E-state index in [9.17, 15) is 10.1 Å². The molecule has 0 aromatic heterocycles. The number of benzene rings is 2. The van der Waals surface area contributed by atoms with E-state index in [1.54, 1.807) is 6.07 Å². The lowest BCUT2D eigenvalue weighted by atomic mass is 10.1. The minimum absolute atomic E-state index is 0.208. The van der Waals surface area contributed by atoms with Gasteiger partial charge < -0.3 is 14.8 Å². The molecule has 0 bridgehead atoms. The molecule has 3 rings (SSSR count). The highest BCUT2D eigenvalue weighted by molar-refractivity contribution is 5.79. The quantitative estimate of drug-likeness (QED) is 0.669. The van der Waals surface area contributed by atoms with Crippen LogP contribution in [0.15, 0.2) is 54.6 Å². The molecule has 1 fully saturated rings. The molecule has 1 aliphatic carbocycles. The molecule has 0 radical (unpaired) electrons. The summed E-state index contributed by atoms with van der Waals surface area (Å²) in [6.07, 6.45) is -1.17. The molecule has 5 nitrogen and oxygen atoms in total. The van der Waals surface area contributed by atoms with Gasteiger partial charge in [0.2, 0.25) is 6.10 Å². The van der Waals surface area contributed by atoms with E-state index in [1.165, 1.54) is 0 Å². The predicted octanol–water partition coefficient (Wildman–Crippen LogP) is 5.38. The van der Waals surface area contributed by atoms with Crippen molar-refractivity contribution >= 4 is 17.3 Å². The van der Waals surface area contributed by atoms with Gasteiger partial charge in [0.15, 0.2) is 0 Å². The van der Waals surface area contributed by atoms with Crippen molar-refractivity contribution in [3.05, 3.63) is 60.2 Å². The highest BCUT2D eigenvalue weighted by Gasteiger charge is 2.65. The van der Waals surface area contributed by atoms with Crippen LogP contribution in [0.2, 0.25) is 0 Å². The Labute approximate surface area is 172 Å². The van der Waals surface area contributed by atoms with E-state index in [0.29, 0.717) is 5.56 Å². The first-order valence-corrected chi connectivity index (χ1v) is 9.82. The highest BCUT2D eigenvalue weighted by Crippen LogP contribution is 2.56. The number of hydrogen-bond donors (Lipinski definition) is 1. The topological polar surface area (TPSA) is 71.3 Å². The van der Waals surface area contributed by atoms with Gasteiger partial charge in [-0.05, 0) is 45.0 Å². The van der Waals surface area contributed by atoms with Crippen LogP contribution in [0, 0.1) is 22.7 Å². The van der Waals surface area contributed by atoms with Gasteiger partial charge in [-0.2, -0.15) is 5.26 Å². The smallest absolute Gasteiger partial charge is 0.313 e. The maximum absolute atomic E-state index is 12.8. The second kappa shape index (κ2) is 7.88. The second-order valence-corrected chi connectivity index (χ2v) is 9.01. The summed E-state index contributed by atoms with van der Waals surface area (Å²) in [5.74, 6) is -0.763. The van der Waals surface area contributed by atoms with Crippen molar-refractivity contribution in [3.63, 3.8) is 0 Å². The zero-order valence-corrected chi connectivity index (χ0v) is 17.6. The Morgan fingerprint density at radius 2 is 1.76 bits per heavy atom. The molecule has 0 spiro atoms. The molecular weight excluding hydrogens is 364 g/mol.